The number of urea groups is 1. The van der Waals surface area contributed by atoms with Gasteiger partial charge in [0, 0.05) is 69.5 Å². The zero-order valence-electron chi connectivity index (χ0n) is 17.9. The smallest absolute Gasteiger partial charge is 0.317 e. The molecule has 5 rings (SSSR count). The molecular weight excluding hydrogens is 413 g/mol. The number of halogens is 1. The second-order valence-corrected chi connectivity index (χ2v) is 8.05. The molecule has 1 saturated heterocycles. The van der Waals surface area contributed by atoms with Crippen LogP contribution in [0.2, 0.25) is 0 Å². The molecular formula is C21H24FN9O. The van der Waals surface area contributed by atoms with Crippen molar-refractivity contribution in [2.75, 3.05) is 26.3 Å². The molecule has 0 aliphatic carbocycles. The fourth-order valence-electron chi connectivity index (χ4n) is 4.19. The number of imidazole rings is 1. The van der Waals surface area contributed by atoms with Gasteiger partial charge in [-0.1, -0.05) is 0 Å². The van der Waals surface area contributed by atoms with Gasteiger partial charge in [-0.05, 0) is 6.92 Å². The highest BCUT2D eigenvalue weighted by Crippen LogP contribution is 2.34. The number of fused-ring (bicyclic) bond motifs is 1. The normalized spacial score (nSPS) is 15.2. The van der Waals surface area contributed by atoms with Gasteiger partial charge in [-0.15, -0.1) is 0 Å². The van der Waals surface area contributed by atoms with Crippen molar-refractivity contribution in [3.05, 3.63) is 43.2 Å². The van der Waals surface area contributed by atoms with Crippen molar-refractivity contribution in [2.24, 2.45) is 7.05 Å². The first kappa shape index (κ1) is 20.2. The van der Waals surface area contributed by atoms with E-state index in [1.807, 2.05) is 43.0 Å². The Morgan fingerprint density at radius 3 is 2.75 bits per heavy atom. The Kier molecular flexibility index (Phi) is 4.87. The van der Waals surface area contributed by atoms with Crippen molar-refractivity contribution >= 4 is 11.7 Å². The van der Waals surface area contributed by atoms with Crippen molar-refractivity contribution in [3.63, 3.8) is 0 Å². The fourth-order valence-corrected chi connectivity index (χ4v) is 4.19. The third-order valence-corrected chi connectivity index (χ3v) is 5.86. The quantitative estimate of drug-likeness (QED) is 0.498. The van der Waals surface area contributed by atoms with Crippen LogP contribution in [0.25, 0.3) is 28.3 Å². The number of carbonyl (C=O) groups is 1. The van der Waals surface area contributed by atoms with Crippen LogP contribution in [0, 0.1) is 0 Å². The Morgan fingerprint density at radius 2 is 2.03 bits per heavy atom. The summed E-state index contributed by atoms with van der Waals surface area (Å²) in [5, 5.41) is 11.6. The van der Waals surface area contributed by atoms with E-state index in [1.165, 1.54) is 0 Å². The molecule has 0 atom stereocenters. The molecule has 4 aromatic rings. The molecule has 0 aromatic carbocycles. The lowest BCUT2D eigenvalue weighted by Crippen LogP contribution is -2.66. The van der Waals surface area contributed by atoms with E-state index in [1.54, 1.807) is 32.9 Å². The van der Waals surface area contributed by atoms with Crippen LogP contribution < -0.4 is 5.32 Å². The third-order valence-electron chi connectivity index (χ3n) is 5.86. The van der Waals surface area contributed by atoms with Gasteiger partial charge in [0.1, 0.15) is 17.0 Å². The SMILES string of the molecule is CCNC(=O)N1CC(CCF)(n2cc(-c3nc(-c4cnn(C)c4)cc4nccn34)cn2)C1. The summed E-state index contributed by atoms with van der Waals surface area (Å²) in [6.45, 7) is 2.76. The molecule has 0 saturated carbocycles. The van der Waals surface area contributed by atoms with E-state index < -0.39 is 12.2 Å². The molecule has 1 aliphatic rings. The minimum atomic E-state index is -0.562. The number of likely N-dealkylation sites (tertiary alicyclic amines) is 1. The third kappa shape index (κ3) is 3.29. The Morgan fingerprint density at radius 1 is 1.22 bits per heavy atom. The second-order valence-electron chi connectivity index (χ2n) is 8.05. The summed E-state index contributed by atoms with van der Waals surface area (Å²) in [6, 6.07) is 1.77. The number of rotatable bonds is 6. The highest BCUT2D eigenvalue weighted by molar-refractivity contribution is 5.75. The summed E-state index contributed by atoms with van der Waals surface area (Å²) in [7, 11) is 1.86. The molecule has 166 valence electrons. The van der Waals surface area contributed by atoms with E-state index in [9.17, 15) is 9.18 Å². The lowest BCUT2D eigenvalue weighted by Gasteiger charge is -2.49. The lowest BCUT2D eigenvalue weighted by molar-refractivity contribution is 0.0195. The van der Waals surface area contributed by atoms with Gasteiger partial charge in [0.15, 0.2) is 0 Å². The molecule has 10 nitrogen and oxygen atoms in total. The van der Waals surface area contributed by atoms with Crippen molar-refractivity contribution in [3.8, 4) is 22.6 Å². The zero-order chi connectivity index (χ0) is 22.3. The minimum Gasteiger partial charge on any atom is -0.338 e. The molecule has 1 fully saturated rings. The number of alkyl halides is 1. The maximum Gasteiger partial charge on any atom is 0.317 e. The molecule has 32 heavy (non-hydrogen) atoms. The van der Waals surface area contributed by atoms with E-state index >= 15 is 0 Å². The van der Waals surface area contributed by atoms with Crippen LogP contribution in [-0.2, 0) is 12.6 Å². The fraction of sp³-hybridized carbons (Fsp3) is 0.381. The van der Waals surface area contributed by atoms with Crippen LogP contribution in [0.5, 0.6) is 0 Å². The summed E-state index contributed by atoms with van der Waals surface area (Å²) < 4.78 is 18.8. The largest absolute Gasteiger partial charge is 0.338 e. The van der Waals surface area contributed by atoms with Crippen LogP contribution in [0.4, 0.5) is 9.18 Å². The number of hydrogen-bond acceptors (Lipinski definition) is 5. The predicted molar refractivity (Wildman–Crippen MR) is 116 cm³/mol. The topological polar surface area (TPSA) is 98.2 Å². The summed E-state index contributed by atoms with van der Waals surface area (Å²) in [6.07, 6.45) is 11.1. The lowest BCUT2D eigenvalue weighted by atomic mass is 9.87. The van der Waals surface area contributed by atoms with Gasteiger partial charge in [0.25, 0.3) is 0 Å². The number of aryl methyl sites for hydroxylation is 1. The average molecular weight is 437 g/mol. The van der Waals surface area contributed by atoms with E-state index in [-0.39, 0.29) is 12.5 Å². The zero-order valence-corrected chi connectivity index (χ0v) is 17.9. The Balaban J connectivity index is 1.50. The monoisotopic (exact) mass is 437 g/mol. The maximum absolute atomic E-state index is 13.4. The number of nitrogens with zero attached hydrogens (tertiary/aromatic N) is 8. The standard InChI is InChI=1S/C21H24FN9O/c1-3-23-20(32)29-13-21(14-29,4-5-22)31-12-16(10-26-31)19-27-17(15-9-25-28(2)11-15)8-18-24-6-7-30(18)19/h6-12H,3-5,13-14H2,1-2H3,(H,23,32). The van der Waals surface area contributed by atoms with Gasteiger partial charge >= 0.3 is 6.03 Å². The van der Waals surface area contributed by atoms with Gasteiger partial charge in [0.2, 0.25) is 0 Å². The maximum atomic E-state index is 13.4. The van der Waals surface area contributed by atoms with Gasteiger partial charge in [-0.3, -0.25) is 18.2 Å². The first-order chi connectivity index (χ1) is 15.5. The number of amides is 2. The summed E-state index contributed by atoms with van der Waals surface area (Å²) in [5.41, 5.74) is 2.62. The van der Waals surface area contributed by atoms with Gasteiger partial charge in [-0.2, -0.15) is 10.2 Å². The van der Waals surface area contributed by atoms with Crippen molar-refractivity contribution in [1.82, 2.24) is 44.1 Å². The first-order valence-electron chi connectivity index (χ1n) is 10.5. The van der Waals surface area contributed by atoms with E-state index in [0.717, 1.165) is 22.5 Å². The highest BCUT2D eigenvalue weighted by atomic mass is 19.1. The van der Waals surface area contributed by atoms with E-state index in [0.29, 0.717) is 25.5 Å². The number of hydrogen-bond donors (Lipinski definition) is 1. The molecule has 0 radical (unpaired) electrons. The molecule has 11 heteroatoms. The number of carbonyl (C=O) groups excluding carboxylic acids is 1. The summed E-state index contributed by atoms with van der Waals surface area (Å²) in [4.78, 5) is 23.1. The number of aromatic nitrogens is 7. The van der Waals surface area contributed by atoms with Crippen molar-refractivity contribution < 1.29 is 9.18 Å². The van der Waals surface area contributed by atoms with Crippen LogP contribution in [0.15, 0.2) is 43.2 Å². The predicted octanol–water partition coefficient (Wildman–Crippen LogP) is 2.09. The van der Waals surface area contributed by atoms with E-state index in [4.69, 9.17) is 4.98 Å². The van der Waals surface area contributed by atoms with Crippen molar-refractivity contribution in [1.29, 1.82) is 0 Å². The van der Waals surface area contributed by atoms with Gasteiger partial charge in [0.05, 0.1) is 30.3 Å². The molecule has 0 bridgehead atoms. The van der Waals surface area contributed by atoms with Gasteiger partial charge < -0.3 is 10.2 Å². The summed E-state index contributed by atoms with van der Waals surface area (Å²) >= 11 is 0. The summed E-state index contributed by atoms with van der Waals surface area (Å²) in [5.74, 6) is 0.681. The van der Waals surface area contributed by atoms with Crippen LogP contribution in [0.3, 0.4) is 0 Å². The molecule has 0 spiro atoms. The molecule has 1 aliphatic heterocycles. The van der Waals surface area contributed by atoms with Crippen molar-refractivity contribution in [2.45, 2.75) is 18.9 Å². The van der Waals surface area contributed by atoms with Crippen LogP contribution >= 0.6 is 0 Å². The molecule has 0 unspecified atom stereocenters. The van der Waals surface area contributed by atoms with Crippen LogP contribution in [-0.4, -0.2) is 71.2 Å². The molecule has 5 heterocycles. The highest BCUT2D eigenvalue weighted by Gasteiger charge is 2.47. The molecule has 4 aromatic heterocycles. The number of nitrogens with one attached hydrogen (secondary N) is 1. The first-order valence-corrected chi connectivity index (χ1v) is 10.5. The Bertz CT molecular complexity index is 1270. The van der Waals surface area contributed by atoms with E-state index in [2.05, 4.69) is 20.5 Å². The average Bonchev–Trinajstić information content (AvgIpc) is 3.50. The second kappa shape index (κ2) is 7.74. The van der Waals surface area contributed by atoms with Crippen LogP contribution in [0.1, 0.15) is 13.3 Å². The van der Waals surface area contributed by atoms with Gasteiger partial charge in [-0.25, -0.2) is 14.8 Å². The molecule has 1 N–H and O–H groups in total. The Hall–Kier alpha value is -3.76. The minimum absolute atomic E-state index is 0.139. The Labute approximate surface area is 183 Å². The molecule has 2 amide bonds.